The summed E-state index contributed by atoms with van der Waals surface area (Å²) in [4.78, 5) is 30.9. The lowest BCUT2D eigenvalue weighted by Gasteiger charge is -2.26. The normalized spacial score (nSPS) is 11.7. The van der Waals surface area contributed by atoms with Gasteiger partial charge in [0.2, 0.25) is 0 Å². The monoisotopic (exact) mass is 390 g/mol. The summed E-state index contributed by atoms with van der Waals surface area (Å²) < 4.78 is 6.57. The predicted octanol–water partition coefficient (Wildman–Crippen LogP) is 4.39. The molecule has 0 spiro atoms. The molecule has 0 fully saturated rings. The molecule has 26 heavy (non-hydrogen) atoms. The molecule has 2 heterocycles. The van der Waals surface area contributed by atoms with E-state index in [1.54, 1.807) is 39.8 Å². The van der Waals surface area contributed by atoms with E-state index in [0.29, 0.717) is 21.1 Å². The molecule has 5 nitrogen and oxygen atoms in total. The number of aryl methyl sites for hydroxylation is 1. The highest BCUT2D eigenvalue weighted by Crippen LogP contribution is 2.32. The van der Waals surface area contributed by atoms with E-state index in [1.165, 1.54) is 15.9 Å². The Hall–Kier alpha value is -2.18. The first-order chi connectivity index (χ1) is 12.3. The van der Waals surface area contributed by atoms with Gasteiger partial charge in [0.1, 0.15) is 16.2 Å². The minimum atomic E-state index is -1.16. The van der Waals surface area contributed by atoms with Gasteiger partial charge in [-0.1, -0.05) is 23.7 Å². The van der Waals surface area contributed by atoms with Crippen molar-refractivity contribution in [3.8, 4) is 11.1 Å². The highest BCUT2D eigenvalue weighted by atomic mass is 35.5. The van der Waals surface area contributed by atoms with Crippen molar-refractivity contribution in [2.24, 2.45) is 0 Å². The smallest absolute Gasteiger partial charge is 0.331 e. The number of halogens is 1. The van der Waals surface area contributed by atoms with Crippen LogP contribution in [-0.2, 0) is 15.1 Å². The maximum Gasteiger partial charge on any atom is 0.331 e. The van der Waals surface area contributed by atoms with Crippen molar-refractivity contribution in [1.82, 2.24) is 9.55 Å². The Morgan fingerprint density at radius 3 is 2.58 bits per heavy atom. The molecule has 2 aromatic heterocycles. The standard InChI is InChI=1S/C19H19ClN2O3S/c1-5-25-18(24)19(3,4)22-11(2)21-16-15(17(22)23)14(10-26-16)12-6-8-13(20)9-7-12/h6-10H,5H2,1-4H3. The van der Waals surface area contributed by atoms with Crippen LogP contribution < -0.4 is 5.56 Å². The minimum absolute atomic E-state index is 0.250. The Morgan fingerprint density at radius 1 is 1.31 bits per heavy atom. The van der Waals surface area contributed by atoms with Gasteiger partial charge in [-0.05, 0) is 45.4 Å². The van der Waals surface area contributed by atoms with Crippen LogP contribution in [0.5, 0.6) is 0 Å². The van der Waals surface area contributed by atoms with Crippen molar-refractivity contribution in [3.63, 3.8) is 0 Å². The molecule has 3 rings (SSSR count). The van der Waals surface area contributed by atoms with E-state index in [1.807, 2.05) is 17.5 Å². The Morgan fingerprint density at radius 2 is 1.96 bits per heavy atom. The number of benzene rings is 1. The zero-order valence-electron chi connectivity index (χ0n) is 15.0. The summed E-state index contributed by atoms with van der Waals surface area (Å²) in [7, 11) is 0. The number of carbonyl (C=O) groups is 1. The van der Waals surface area contributed by atoms with Crippen LogP contribution in [0, 0.1) is 6.92 Å². The zero-order chi connectivity index (χ0) is 19.1. The molecule has 0 saturated carbocycles. The van der Waals surface area contributed by atoms with Crippen LogP contribution in [0.15, 0.2) is 34.4 Å². The number of hydrogen-bond acceptors (Lipinski definition) is 5. The highest BCUT2D eigenvalue weighted by molar-refractivity contribution is 7.17. The molecular weight excluding hydrogens is 372 g/mol. The average Bonchev–Trinajstić information content (AvgIpc) is 2.99. The molecule has 0 N–H and O–H groups in total. The van der Waals surface area contributed by atoms with Gasteiger partial charge in [-0.3, -0.25) is 9.36 Å². The third kappa shape index (κ3) is 3.04. The molecule has 0 aliphatic carbocycles. The lowest BCUT2D eigenvalue weighted by molar-refractivity contribution is -0.152. The molecule has 0 atom stereocenters. The van der Waals surface area contributed by atoms with Gasteiger partial charge < -0.3 is 4.74 Å². The van der Waals surface area contributed by atoms with Crippen molar-refractivity contribution >= 4 is 39.1 Å². The number of rotatable bonds is 4. The summed E-state index contributed by atoms with van der Waals surface area (Å²) in [5.74, 6) is 0.0136. The molecular formula is C19H19ClN2O3S. The molecule has 0 aliphatic heterocycles. The van der Waals surface area contributed by atoms with Crippen LogP contribution in [0.3, 0.4) is 0 Å². The number of aromatic nitrogens is 2. The van der Waals surface area contributed by atoms with Gasteiger partial charge in [0.15, 0.2) is 0 Å². The zero-order valence-corrected chi connectivity index (χ0v) is 16.6. The van der Waals surface area contributed by atoms with Crippen LogP contribution in [0.2, 0.25) is 5.02 Å². The van der Waals surface area contributed by atoms with E-state index < -0.39 is 11.5 Å². The van der Waals surface area contributed by atoms with E-state index in [4.69, 9.17) is 16.3 Å². The van der Waals surface area contributed by atoms with Crippen molar-refractivity contribution in [2.75, 3.05) is 6.61 Å². The van der Waals surface area contributed by atoms with E-state index in [9.17, 15) is 9.59 Å². The van der Waals surface area contributed by atoms with Crippen LogP contribution in [0.25, 0.3) is 21.3 Å². The molecule has 3 aromatic rings. The molecule has 0 radical (unpaired) electrons. The quantitative estimate of drug-likeness (QED) is 0.620. The number of esters is 1. The largest absolute Gasteiger partial charge is 0.464 e. The van der Waals surface area contributed by atoms with Crippen LogP contribution in [-0.4, -0.2) is 22.1 Å². The first-order valence-corrected chi connectivity index (χ1v) is 9.47. The minimum Gasteiger partial charge on any atom is -0.464 e. The summed E-state index contributed by atoms with van der Waals surface area (Å²) in [6.07, 6.45) is 0. The Kier molecular flexibility index (Phi) is 4.90. The fourth-order valence-electron chi connectivity index (χ4n) is 2.99. The summed E-state index contributed by atoms with van der Waals surface area (Å²) in [5.41, 5.74) is 0.255. The van der Waals surface area contributed by atoms with E-state index in [2.05, 4.69) is 4.98 Å². The van der Waals surface area contributed by atoms with Crippen molar-refractivity contribution in [1.29, 1.82) is 0 Å². The number of ether oxygens (including phenoxy) is 1. The number of thiophene rings is 1. The van der Waals surface area contributed by atoms with Crippen LogP contribution in [0.4, 0.5) is 0 Å². The lowest BCUT2D eigenvalue weighted by Crippen LogP contribution is -2.45. The van der Waals surface area contributed by atoms with Gasteiger partial charge in [0, 0.05) is 16.0 Å². The van der Waals surface area contributed by atoms with Gasteiger partial charge in [-0.25, -0.2) is 9.78 Å². The maximum atomic E-state index is 13.3. The molecule has 0 saturated heterocycles. The van der Waals surface area contributed by atoms with Gasteiger partial charge in [0.25, 0.3) is 5.56 Å². The molecule has 7 heteroatoms. The second-order valence-corrected chi connectivity index (χ2v) is 7.71. The topological polar surface area (TPSA) is 61.2 Å². The second-order valence-electron chi connectivity index (χ2n) is 6.42. The van der Waals surface area contributed by atoms with Crippen LogP contribution >= 0.6 is 22.9 Å². The van der Waals surface area contributed by atoms with Gasteiger partial charge in [0.05, 0.1) is 12.0 Å². The first-order valence-electron chi connectivity index (χ1n) is 8.22. The Balaban J connectivity index is 2.27. The first kappa shape index (κ1) is 18.6. The van der Waals surface area contributed by atoms with E-state index in [-0.39, 0.29) is 12.2 Å². The molecule has 0 aliphatic rings. The molecule has 136 valence electrons. The summed E-state index contributed by atoms with van der Waals surface area (Å²) in [5, 5.41) is 3.03. The van der Waals surface area contributed by atoms with E-state index >= 15 is 0 Å². The summed E-state index contributed by atoms with van der Waals surface area (Å²) in [6, 6.07) is 7.29. The third-order valence-corrected chi connectivity index (χ3v) is 5.39. The summed E-state index contributed by atoms with van der Waals surface area (Å²) >= 11 is 7.37. The fraction of sp³-hybridized carbons (Fsp3) is 0.316. The van der Waals surface area contributed by atoms with Crippen molar-refractivity contribution in [3.05, 3.63) is 50.8 Å². The van der Waals surface area contributed by atoms with E-state index in [0.717, 1.165) is 11.1 Å². The summed E-state index contributed by atoms with van der Waals surface area (Å²) in [6.45, 7) is 7.05. The molecule has 0 amide bonds. The van der Waals surface area contributed by atoms with Crippen molar-refractivity contribution in [2.45, 2.75) is 33.2 Å². The maximum absolute atomic E-state index is 13.3. The van der Waals surface area contributed by atoms with Gasteiger partial charge in [-0.2, -0.15) is 0 Å². The highest BCUT2D eigenvalue weighted by Gasteiger charge is 2.35. The predicted molar refractivity (Wildman–Crippen MR) is 105 cm³/mol. The van der Waals surface area contributed by atoms with Crippen molar-refractivity contribution < 1.29 is 9.53 Å². The number of nitrogens with zero attached hydrogens (tertiary/aromatic N) is 2. The Labute approximate surface area is 160 Å². The number of carbonyl (C=O) groups excluding carboxylic acids is 1. The fourth-order valence-corrected chi connectivity index (χ4v) is 4.10. The number of hydrogen-bond donors (Lipinski definition) is 0. The Bertz CT molecular complexity index is 1040. The van der Waals surface area contributed by atoms with Gasteiger partial charge >= 0.3 is 5.97 Å². The lowest BCUT2D eigenvalue weighted by atomic mass is 10.0. The van der Waals surface area contributed by atoms with Gasteiger partial charge in [-0.15, -0.1) is 11.3 Å². The SMILES string of the molecule is CCOC(=O)C(C)(C)n1c(C)nc2scc(-c3ccc(Cl)cc3)c2c1=O. The second kappa shape index (κ2) is 6.85. The molecule has 0 bridgehead atoms. The number of fused-ring (bicyclic) bond motifs is 1. The third-order valence-electron chi connectivity index (χ3n) is 4.26. The molecule has 1 aromatic carbocycles. The molecule has 0 unspecified atom stereocenters. The average molecular weight is 391 g/mol. The van der Waals surface area contributed by atoms with Crippen LogP contribution in [0.1, 0.15) is 26.6 Å².